The van der Waals surface area contributed by atoms with E-state index in [9.17, 15) is 4.79 Å². The summed E-state index contributed by atoms with van der Waals surface area (Å²) in [6.45, 7) is 3.63. The fourth-order valence-electron chi connectivity index (χ4n) is 1.26. The first-order chi connectivity index (χ1) is 7.22. The molecule has 0 amide bonds. The molecule has 0 saturated carbocycles. The van der Waals surface area contributed by atoms with E-state index in [-0.39, 0.29) is 12.0 Å². The van der Waals surface area contributed by atoms with Gasteiger partial charge in [0, 0.05) is 31.5 Å². The minimum atomic E-state index is -0.183. The maximum absolute atomic E-state index is 10.9. The van der Waals surface area contributed by atoms with Gasteiger partial charge in [-0.25, -0.2) is 4.98 Å². The molecule has 1 unspecified atom stereocenters. The summed E-state index contributed by atoms with van der Waals surface area (Å²) in [4.78, 5) is 14.9. The Morgan fingerprint density at radius 1 is 1.67 bits per heavy atom. The Labute approximate surface area is 89.4 Å². The molecule has 0 bridgehead atoms. The zero-order valence-corrected chi connectivity index (χ0v) is 9.14. The topological polar surface area (TPSA) is 56.1 Å². The number of hydrogen-bond acceptors (Lipinski definition) is 4. The second-order valence-electron chi connectivity index (χ2n) is 3.44. The predicted octanol–water partition coefficient (Wildman–Crippen LogP) is 0.424. The largest absolute Gasteiger partial charge is 0.469 e. The zero-order valence-electron chi connectivity index (χ0n) is 9.14. The molecule has 0 fully saturated rings. The van der Waals surface area contributed by atoms with Crippen LogP contribution in [0.2, 0.25) is 0 Å². The molecular weight excluding hydrogens is 194 g/mol. The molecule has 5 nitrogen and oxygen atoms in total. The lowest BCUT2D eigenvalue weighted by atomic mass is 10.2. The molecule has 0 spiro atoms. The van der Waals surface area contributed by atoms with Gasteiger partial charge in [-0.15, -0.1) is 0 Å². The zero-order chi connectivity index (χ0) is 11.1. The monoisotopic (exact) mass is 211 g/mol. The number of carbonyl (C=O) groups is 1. The highest BCUT2D eigenvalue weighted by atomic mass is 16.5. The fourth-order valence-corrected chi connectivity index (χ4v) is 1.26. The lowest BCUT2D eigenvalue weighted by Crippen LogP contribution is -2.31. The molecule has 15 heavy (non-hydrogen) atoms. The summed E-state index contributed by atoms with van der Waals surface area (Å²) in [5.41, 5.74) is 0. The Morgan fingerprint density at radius 3 is 3.07 bits per heavy atom. The van der Waals surface area contributed by atoms with E-state index in [0.29, 0.717) is 6.42 Å². The summed E-state index contributed by atoms with van der Waals surface area (Å²) in [7, 11) is 1.40. The lowest BCUT2D eigenvalue weighted by Gasteiger charge is -2.12. The van der Waals surface area contributed by atoms with Crippen LogP contribution < -0.4 is 5.32 Å². The van der Waals surface area contributed by atoms with E-state index in [1.807, 2.05) is 17.7 Å². The third-order valence-electron chi connectivity index (χ3n) is 2.12. The summed E-state index contributed by atoms with van der Waals surface area (Å²) >= 11 is 0. The number of aromatic nitrogens is 2. The van der Waals surface area contributed by atoms with E-state index >= 15 is 0 Å². The van der Waals surface area contributed by atoms with Crippen molar-refractivity contribution in [3.63, 3.8) is 0 Å². The number of nitrogens with one attached hydrogen (secondary N) is 1. The molecule has 5 heteroatoms. The third kappa shape index (κ3) is 4.60. The van der Waals surface area contributed by atoms with Crippen molar-refractivity contribution < 1.29 is 9.53 Å². The molecule has 0 aliphatic rings. The van der Waals surface area contributed by atoms with Crippen molar-refractivity contribution in [2.75, 3.05) is 13.7 Å². The summed E-state index contributed by atoms with van der Waals surface area (Å²) in [6.07, 6.45) is 5.83. The van der Waals surface area contributed by atoms with E-state index in [0.717, 1.165) is 13.1 Å². The van der Waals surface area contributed by atoms with Gasteiger partial charge in [0.25, 0.3) is 0 Å². The number of nitrogens with zero attached hydrogens (tertiary/aromatic N) is 2. The van der Waals surface area contributed by atoms with Gasteiger partial charge < -0.3 is 14.6 Å². The summed E-state index contributed by atoms with van der Waals surface area (Å²) in [6, 6.07) is 0.140. The van der Waals surface area contributed by atoms with Crippen LogP contribution in [-0.2, 0) is 16.1 Å². The number of hydrogen-bond donors (Lipinski definition) is 1. The van der Waals surface area contributed by atoms with Crippen LogP contribution >= 0.6 is 0 Å². The molecule has 84 valence electrons. The molecule has 1 aromatic heterocycles. The van der Waals surface area contributed by atoms with Crippen molar-refractivity contribution in [2.24, 2.45) is 0 Å². The van der Waals surface area contributed by atoms with Crippen molar-refractivity contribution in [1.29, 1.82) is 0 Å². The van der Waals surface area contributed by atoms with Crippen LogP contribution in [0, 0.1) is 0 Å². The number of methoxy groups -OCH3 is 1. The van der Waals surface area contributed by atoms with Crippen LogP contribution in [0.4, 0.5) is 0 Å². The molecule has 1 heterocycles. The van der Waals surface area contributed by atoms with Crippen LogP contribution in [0.1, 0.15) is 13.3 Å². The molecular formula is C10H17N3O2. The Hall–Kier alpha value is -1.36. The van der Waals surface area contributed by atoms with Crippen molar-refractivity contribution in [2.45, 2.75) is 25.9 Å². The molecule has 1 rings (SSSR count). The quantitative estimate of drug-likeness (QED) is 0.693. The van der Waals surface area contributed by atoms with Gasteiger partial charge >= 0.3 is 5.97 Å². The molecule has 0 aliphatic carbocycles. The van der Waals surface area contributed by atoms with Gasteiger partial charge in [0.15, 0.2) is 0 Å². The minimum absolute atomic E-state index is 0.140. The van der Waals surface area contributed by atoms with E-state index in [2.05, 4.69) is 15.0 Å². The van der Waals surface area contributed by atoms with E-state index in [1.54, 1.807) is 12.5 Å². The summed E-state index contributed by atoms with van der Waals surface area (Å²) < 4.78 is 6.56. The molecule has 0 saturated heterocycles. The average molecular weight is 211 g/mol. The van der Waals surface area contributed by atoms with E-state index in [4.69, 9.17) is 0 Å². The summed E-state index contributed by atoms with van der Waals surface area (Å²) in [5, 5.41) is 3.24. The Bertz CT molecular complexity index is 285. The van der Waals surface area contributed by atoms with Gasteiger partial charge in [-0.1, -0.05) is 0 Å². The maximum Gasteiger partial charge on any atom is 0.307 e. The maximum atomic E-state index is 10.9. The molecule has 0 aromatic carbocycles. The highest BCUT2D eigenvalue weighted by Gasteiger charge is 2.07. The van der Waals surface area contributed by atoms with Crippen molar-refractivity contribution in [3.8, 4) is 0 Å². The van der Waals surface area contributed by atoms with Gasteiger partial charge in [0.2, 0.25) is 0 Å². The highest BCUT2D eigenvalue weighted by molar-refractivity contribution is 5.69. The molecule has 1 atom stereocenters. The second-order valence-corrected chi connectivity index (χ2v) is 3.44. The van der Waals surface area contributed by atoms with Gasteiger partial charge in [-0.2, -0.15) is 0 Å². The highest BCUT2D eigenvalue weighted by Crippen LogP contribution is 1.93. The third-order valence-corrected chi connectivity index (χ3v) is 2.12. The van der Waals surface area contributed by atoms with Crippen molar-refractivity contribution in [1.82, 2.24) is 14.9 Å². The normalized spacial score (nSPS) is 12.4. The van der Waals surface area contributed by atoms with Crippen molar-refractivity contribution in [3.05, 3.63) is 18.7 Å². The Balaban J connectivity index is 2.12. The average Bonchev–Trinajstić information content (AvgIpc) is 2.70. The first-order valence-corrected chi connectivity index (χ1v) is 4.98. The smallest absolute Gasteiger partial charge is 0.307 e. The molecule has 0 radical (unpaired) electrons. The molecule has 0 aliphatic heterocycles. The number of esters is 1. The number of imidazole rings is 1. The fraction of sp³-hybridized carbons (Fsp3) is 0.600. The van der Waals surface area contributed by atoms with Crippen LogP contribution in [-0.4, -0.2) is 35.2 Å². The number of rotatable bonds is 6. The van der Waals surface area contributed by atoms with E-state index < -0.39 is 0 Å². The van der Waals surface area contributed by atoms with Crippen LogP contribution in [0.5, 0.6) is 0 Å². The lowest BCUT2D eigenvalue weighted by molar-refractivity contribution is -0.141. The standard InChI is InChI=1S/C10H17N3O2/c1-9(7-10(14)15-2)12-4-6-13-5-3-11-8-13/h3,5,8-9,12H,4,6-7H2,1-2H3. The van der Waals surface area contributed by atoms with Crippen LogP contribution in [0.25, 0.3) is 0 Å². The second kappa shape index (κ2) is 6.19. The van der Waals surface area contributed by atoms with Gasteiger partial charge in [-0.3, -0.25) is 4.79 Å². The first-order valence-electron chi connectivity index (χ1n) is 4.98. The van der Waals surface area contributed by atoms with Crippen molar-refractivity contribution >= 4 is 5.97 Å². The SMILES string of the molecule is COC(=O)CC(C)NCCn1ccnc1. The van der Waals surface area contributed by atoms with Gasteiger partial charge in [-0.05, 0) is 6.92 Å². The summed E-state index contributed by atoms with van der Waals surface area (Å²) in [5.74, 6) is -0.183. The first kappa shape index (κ1) is 11.7. The predicted molar refractivity (Wildman–Crippen MR) is 56.3 cm³/mol. The van der Waals surface area contributed by atoms with E-state index in [1.165, 1.54) is 7.11 Å². The van der Waals surface area contributed by atoms with Gasteiger partial charge in [0.1, 0.15) is 0 Å². The Morgan fingerprint density at radius 2 is 2.47 bits per heavy atom. The Kier molecular flexibility index (Phi) is 4.83. The minimum Gasteiger partial charge on any atom is -0.469 e. The number of ether oxygens (including phenoxy) is 1. The van der Waals surface area contributed by atoms with Crippen LogP contribution in [0.3, 0.4) is 0 Å². The molecule has 1 aromatic rings. The number of carbonyl (C=O) groups excluding carboxylic acids is 1. The van der Waals surface area contributed by atoms with Gasteiger partial charge in [0.05, 0.1) is 19.9 Å². The van der Waals surface area contributed by atoms with Crippen LogP contribution in [0.15, 0.2) is 18.7 Å². The molecule has 1 N–H and O–H groups in total.